The molecule has 1 amide bonds. The predicted octanol–water partition coefficient (Wildman–Crippen LogP) is 3.09. The Morgan fingerprint density at radius 1 is 1.31 bits per heavy atom. The first-order valence-corrected chi connectivity index (χ1v) is 10.2. The van der Waals surface area contributed by atoms with E-state index in [9.17, 15) is 9.59 Å². The van der Waals surface area contributed by atoms with Gasteiger partial charge in [0.2, 0.25) is 5.91 Å². The van der Waals surface area contributed by atoms with Crippen molar-refractivity contribution in [2.75, 3.05) is 17.7 Å². The number of ether oxygens (including phenoxy) is 1. The number of carbonyl (C=O) groups excluding carboxylic acids is 2. The summed E-state index contributed by atoms with van der Waals surface area (Å²) in [5.74, 6) is 0.449. The highest BCUT2D eigenvalue weighted by atomic mass is 32.2. The van der Waals surface area contributed by atoms with Crippen LogP contribution in [0.3, 0.4) is 0 Å². The highest BCUT2D eigenvalue weighted by Gasteiger charge is 2.19. The fraction of sp³-hybridized carbons (Fsp3) is 0.562. The summed E-state index contributed by atoms with van der Waals surface area (Å²) in [4.78, 5) is 28.7. The van der Waals surface area contributed by atoms with Crippen molar-refractivity contribution >= 4 is 40.1 Å². The van der Waals surface area contributed by atoms with E-state index in [0.717, 1.165) is 28.7 Å². The number of esters is 1. The van der Waals surface area contributed by atoms with E-state index in [0.29, 0.717) is 22.3 Å². The summed E-state index contributed by atoms with van der Waals surface area (Å²) in [6.07, 6.45) is 0.785. The molecule has 142 valence electrons. The number of rotatable bonds is 8. The van der Waals surface area contributed by atoms with E-state index in [1.807, 2.05) is 11.5 Å². The Morgan fingerprint density at radius 3 is 2.65 bits per heavy atom. The van der Waals surface area contributed by atoms with Gasteiger partial charge in [0.05, 0.1) is 18.1 Å². The van der Waals surface area contributed by atoms with Gasteiger partial charge in [-0.25, -0.2) is 9.78 Å². The topological polar surface area (TPSA) is 99.0 Å². The Bertz CT molecular complexity index is 785. The van der Waals surface area contributed by atoms with Gasteiger partial charge in [-0.2, -0.15) is 0 Å². The van der Waals surface area contributed by atoms with E-state index in [4.69, 9.17) is 4.74 Å². The Labute approximate surface area is 160 Å². The smallest absolute Gasteiger partial charge is 0.350 e. The molecule has 0 spiro atoms. The van der Waals surface area contributed by atoms with Gasteiger partial charge in [-0.3, -0.25) is 4.79 Å². The fourth-order valence-electron chi connectivity index (χ4n) is 2.29. The molecule has 10 heteroatoms. The van der Waals surface area contributed by atoms with Crippen LogP contribution in [0, 0.1) is 6.92 Å². The van der Waals surface area contributed by atoms with Gasteiger partial charge in [-0.1, -0.05) is 30.0 Å². The third kappa shape index (κ3) is 4.82. The molecule has 26 heavy (non-hydrogen) atoms. The first kappa shape index (κ1) is 20.4. The molecule has 0 aliphatic carbocycles. The second-order valence-corrected chi connectivity index (χ2v) is 7.65. The molecule has 0 saturated heterocycles. The average molecular weight is 398 g/mol. The molecule has 0 fully saturated rings. The molecule has 0 aliphatic heterocycles. The van der Waals surface area contributed by atoms with Crippen LogP contribution >= 0.6 is 23.1 Å². The molecule has 0 atom stereocenters. The molecule has 2 rings (SSSR count). The molecule has 1 N–H and O–H groups in total. The van der Waals surface area contributed by atoms with Crippen LogP contribution < -0.4 is 5.32 Å². The number of nitrogens with zero attached hydrogens (tertiary/aromatic N) is 4. The number of thioether (sulfide) groups is 1. The highest BCUT2D eigenvalue weighted by molar-refractivity contribution is 7.99. The molecule has 0 radical (unpaired) electrons. The van der Waals surface area contributed by atoms with Crippen LogP contribution in [0.5, 0.6) is 0 Å². The maximum Gasteiger partial charge on any atom is 0.350 e. The molecule has 0 bridgehead atoms. The van der Waals surface area contributed by atoms with Crippen molar-refractivity contribution < 1.29 is 14.3 Å². The minimum Gasteiger partial charge on any atom is -0.462 e. The van der Waals surface area contributed by atoms with Gasteiger partial charge in [-0.05, 0) is 27.7 Å². The maximum absolute atomic E-state index is 12.2. The van der Waals surface area contributed by atoms with Crippen LogP contribution in [0.2, 0.25) is 0 Å². The third-order valence-electron chi connectivity index (χ3n) is 3.40. The Kier molecular flexibility index (Phi) is 7.15. The van der Waals surface area contributed by atoms with E-state index in [2.05, 4.69) is 34.3 Å². The Hall–Kier alpha value is -1.94. The Balaban J connectivity index is 1.99. The number of aryl methyl sites for hydroxylation is 2. The van der Waals surface area contributed by atoms with Crippen LogP contribution in [0.1, 0.15) is 54.9 Å². The monoisotopic (exact) mass is 397 g/mol. The molecule has 0 aromatic carbocycles. The maximum atomic E-state index is 12.2. The van der Waals surface area contributed by atoms with Crippen molar-refractivity contribution in [3.8, 4) is 0 Å². The largest absolute Gasteiger partial charge is 0.462 e. The number of hydrogen-bond acceptors (Lipinski definition) is 8. The van der Waals surface area contributed by atoms with Crippen molar-refractivity contribution in [3.63, 3.8) is 0 Å². The molecule has 2 heterocycles. The van der Waals surface area contributed by atoms with Gasteiger partial charge >= 0.3 is 5.97 Å². The summed E-state index contributed by atoms with van der Waals surface area (Å²) >= 11 is 2.44. The molecule has 2 aromatic heterocycles. The van der Waals surface area contributed by atoms with Crippen molar-refractivity contribution in [1.29, 1.82) is 0 Å². The zero-order valence-electron chi connectivity index (χ0n) is 15.5. The van der Waals surface area contributed by atoms with E-state index in [1.54, 1.807) is 13.8 Å². The summed E-state index contributed by atoms with van der Waals surface area (Å²) < 4.78 is 7.01. The lowest BCUT2D eigenvalue weighted by molar-refractivity contribution is -0.113. The van der Waals surface area contributed by atoms with Crippen LogP contribution in [-0.2, 0) is 16.0 Å². The minimum absolute atomic E-state index is 0.182. The zero-order chi connectivity index (χ0) is 19.3. The van der Waals surface area contributed by atoms with Crippen LogP contribution in [0.25, 0.3) is 0 Å². The van der Waals surface area contributed by atoms with Gasteiger partial charge < -0.3 is 14.6 Å². The van der Waals surface area contributed by atoms with Crippen molar-refractivity contribution in [1.82, 2.24) is 19.7 Å². The molecule has 2 aromatic rings. The second-order valence-electron chi connectivity index (χ2n) is 5.71. The van der Waals surface area contributed by atoms with Crippen LogP contribution in [-0.4, -0.2) is 44.0 Å². The lowest BCUT2D eigenvalue weighted by atomic mass is 10.3. The number of hydrogen-bond donors (Lipinski definition) is 1. The van der Waals surface area contributed by atoms with E-state index in [1.165, 1.54) is 11.8 Å². The van der Waals surface area contributed by atoms with Gasteiger partial charge in [0, 0.05) is 12.5 Å². The number of anilines is 1. The van der Waals surface area contributed by atoms with Gasteiger partial charge in [0.25, 0.3) is 0 Å². The fourth-order valence-corrected chi connectivity index (χ4v) is 4.05. The standard InChI is InChI=1S/C16H23N5O3S2/c1-6-11-19-20-16(21(11)9(3)4)25-8-12(22)18-15-17-10(5)13(26-15)14(23)24-7-2/h9H,6-8H2,1-5H3,(H,17,18,22). The van der Waals surface area contributed by atoms with E-state index < -0.39 is 5.97 Å². The summed E-state index contributed by atoms with van der Waals surface area (Å²) in [7, 11) is 0. The van der Waals surface area contributed by atoms with Crippen molar-refractivity contribution in [3.05, 3.63) is 16.4 Å². The van der Waals surface area contributed by atoms with Crippen molar-refractivity contribution in [2.24, 2.45) is 0 Å². The molecule has 0 unspecified atom stereocenters. The number of amides is 1. The summed E-state index contributed by atoms with van der Waals surface area (Å²) in [5.41, 5.74) is 0.545. The predicted molar refractivity (Wildman–Crippen MR) is 102 cm³/mol. The first-order valence-electron chi connectivity index (χ1n) is 8.38. The number of carbonyl (C=O) groups is 2. The minimum atomic E-state index is -0.422. The normalized spacial score (nSPS) is 11.0. The molecular formula is C16H23N5O3S2. The zero-order valence-corrected chi connectivity index (χ0v) is 17.2. The van der Waals surface area contributed by atoms with Gasteiger partial charge in [0.1, 0.15) is 10.7 Å². The summed E-state index contributed by atoms with van der Waals surface area (Å²) in [6, 6.07) is 0.222. The highest BCUT2D eigenvalue weighted by Crippen LogP contribution is 2.25. The number of thiazole rings is 1. The third-order valence-corrected chi connectivity index (χ3v) is 5.40. The molecule has 8 nitrogen and oxygen atoms in total. The molecule has 0 aliphatic rings. The second kappa shape index (κ2) is 9.13. The number of nitrogens with one attached hydrogen (secondary N) is 1. The lowest BCUT2D eigenvalue weighted by Crippen LogP contribution is -2.15. The summed E-state index contributed by atoms with van der Waals surface area (Å²) in [6.45, 7) is 9.89. The van der Waals surface area contributed by atoms with Gasteiger partial charge in [0.15, 0.2) is 10.3 Å². The van der Waals surface area contributed by atoms with Crippen LogP contribution in [0.4, 0.5) is 5.13 Å². The van der Waals surface area contributed by atoms with E-state index >= 15 is 0 Å². The number of aromatic nitrogens is 4. The molecule has 0 saturated carbocycles. The lowest BCUT2D eigenvalue weighted by Gasteiger charge is -2.12. The molecular weight excluding hydrogens is 374 g/mol. The van der Waals surface area contributed by atoms with Crippen LogP contribution in [0.15, 0.2) is 5.16 Å². The van der Waals surface area contributed by atoms with Gasteiger partial charge in [-0.15, -0.1) is 10.2 Å². The summed E-state index contributed by atoms with van der Waals surface area (Å²) in [5, 5.41) is 12.2. The first-order chi connectivity index (χ1) is 12.4. The van der Waals surface area contributed by atoms with E-state index in [-0.39, 0.29) is 17.7 Å². The quantitative estimate of drug-likeness (QED) is 0.540. The SMILES string of the molecule is CCOC(=O)c1sc(NC(=O)CSc2nnc(CC)n2C(C)C)nc1C. The van der Waals surface area contributed by atoms with Crippen molar-refractivity contribution in [2.45, 2.75) is 52.2 Å². The average Bonchev–Trinajstić information content (AvgIpc) is 3.16. The Morgan fingerprint density at radius 2 is 2.04 bits per heavy atom.